The number of nitrogens with one attached hydrogen (secondary N) is 4. The van der Waals surface area contributed by atoms with Gasteiger partial charge in [-0.3, -0.25) is 29.0 Å². The molecule has 0 radical (unpaired) electrons. The summed E-state index contributed by atoms with van der Waals surface area (Å²) in [5.41, 5.74) is -1.62. The fraction of sp³-hybridized carbons (Fsp3) is 0.846. The Morgan fingerprint density at radius 1 is 0.417 bits per heavy atom. The van der Waals surface area contributed by atoms with E-state index in [4.69, 9.17) is 0 Å². The Hall–Kier alpha value is -2.20. The van der Waals surface area contributed by atoms with Crippen LogP contribution in [0.25, 0.3) is 0 Å². The van der Waals surface area contributed by atoms with Crippen molar-refractivity contribution in [2.45, 2.75) is 105 Å². The standard InChI is InChI=1S/C26H52N6O4/c1-23(2,3)27-19(33)15-31(16-20(34)28-24(4,5)6)13-14-32(17-21(35)29-25(7,8)9)18-22(36)30-26(10,11)12/h13-18H2,1-12H3,(H,27,33)(H,28,34)(H,29,35)(H,30,36). The molecule has 0 atom stereocenters. The van der Waals surface area contributed by atoms with Crippen molar-refractivity contribution in [2.75, 3.05) is 39.3 Å². The lowest BCUT2D eigenvalue weighted by atomic mass is 10.1. The molecule has 0 aliphatic rings. The Morgan fingerprint density at radius 2 is 0.583 bits per heavy atom. The van der Waals surface area contributed by atoms with Crippen LogP contribution in [-0.2, 0) is 19.2 Å². The van der Waals surface area contributed by atoms with Gasteiger partial charge in [-0.2, -0.15) is 0 Å². The molecule has 4 amide bonds. The largest absolute Gasteiger partial charge is 0.350 e. The molecule has 10 heteroatoms. The predicted octanol–water partition coefficient (Wildman–Crippen LogP) is 1.25. The maximum atomic E-state index is 12.6. The van der Waals surface area contributed by atoms with Gasteiger partial charge >= 0.3 is 0 Å². The second-order valence-corrected chi connectivity index (χ2v) is 13.6. The van der Waals surface area contributed by atoms with Gasteiger partial charge in [-0.1, -0.05) is 0 Å². The summed E-state index contributed by atoms with van der Waals surface area (Å²) < 4.78 is 0. The van der Waals surface area contributed by atoms with Gasteiger partial charge in [0.25, 0.3) is 0 Å². The van der Waals surface area contributed by atoms with Crippen molar-refractivity contribution in [2.24, 2.45) is 0 Å². The summed E-state index contributed by atoms with van der Waals surface area (Å²) in [6.45, 7) is 23.4. The van der Waals surface area contributed by atoms with Crippen LogP contribution in [0.15, 0.2) is 0 Å². The van der Waals surface area contributed by atoms with Crippen molar-refractivity contribution in [3.8, 4) is 0 Å². The molecule has 0 fully saturated rings. The molecule has 10 nitrogen and oxygen atoms in total. The number of carbonyl (C=O) groups excluding carboxylic acids is 4. The Kier molecular flexibility index (Phi) is 12.6. The fourth-order valence-electron chi connectivity index (χ4n) is 3.35. The molecule has 0 saturated carbocycles. The number of hydrogen-bond acceptors (Lipinski definition) is 6. The summed E-state index contributed by atoms with van der Waals surface area (Å²) in [4.78, 5) is 54.0. The van der Waals surface area contributed by atoms with Crippen LogP contribution in [0, 0.1) is 0 Å². The molecule has 0 spiro atoms. The van der Waals surface area contributed by atoms with Gasteiger partial charge in [0.1, 0.15) is 0 Å². The molecule has 36 heavy (non-hydrogen) atoms. The molecule has 4 N–H and O–H groups in total. The van der Waals surface area contributed by atoms with Crippen LogP contribution in [0.2, 0.25) is 0 Å². The van der Waals surface area contributed by atoms with Crippen LogP contribution in [0.4, 0.5) is 0 Å². The molecule has 0 aliphatic carbocycles. The average Bonchev–Trinajstić information content (AvgIpc) is 2.52. The van der Waals surface area contributed by atoms with Gasteiger partial charge < -0.3 is 21.3 Å². The Bertz CT molecular complexity index is 630. The minimum Gasteiger partial charge on any atom is -0.350 e. The predicted molar refractivity (Wildman–Crippen MR) is 144 cm³/mol. The molecular weight excluding hydrogens is 460 g/mol. The van der Waals surface area contributed by atoms with E-state index in [0.717, 1.165) is 0 Å². The molecule has 0 aromatic rings. The van der Waals surface area contributed by atoms with Gasteiger partial charge in [0.05, 0.1) is 26.2 Å². The monoisotopic (exact) mass is 512 g/mol. The summed E-state index contributed by atoms with van der Waals surface area (Å²) in [7, 11) is 0. The first-order valence-corrected chi connectivity index (χ1v) is 12.6. The lowest BCUT2D eigenvalue weighted by Crippen LogP contribution is -2.53. The smallest absolute Gasteiger partial charge is 0.234 e. The van der Waals surface area contributed by atoms with E-state index in [-0.39, 0.29) is 49.8 Å². The number of amides is 4. The minimum absolute atomic E-state index is 0.0189. The molecule has 210 valence electrons. The van der Waals surface area contributed by atoms with Crippen LogP contribution < -0.4 is 21.3 Å². The van der Waals surface area contributed by atoms with E-state index < -0.39 is 22.2 Å². The summed E-state index contributed by atoms with van der Waals surface area (Å²) in [5, 5.41) is 11.7. The first kappa shape index (κ1) is 33.8. The first-order valence-electron chi connectivity index (χ1n) is 12.6. The van der Waals surface area contributed by atoms with E-state index >= 15 is 0 Å². The zero-order valence-corrected chi connectivity index (χ0v) is 24.8. The number of nitrogens with zero attached hydrogens (tertiary/aromatic N) is 2. The van der Waals surface area contributed by atoms with Gasteiger partial charge in [-0.05, 0) is 83.1 Å². The molecular formula is C26H52N6O4. The van der Waals surface area contributed by atoms with Crippen molar-refractivity contribution in [1.29, 1.82) is 0 Å². The van der Waals surface area contributed by atoms with E-state index in [1.54, 1.807) is 9.80 Å². The van der Waals surface area contributed by atoms with E-state index in [1.165, 1.54) is 0 Å². The highest BCUT2D eigenvalue weighted by atomic mass is 16.2. The van der Waals surface area contributed by atoms with E-state index in [1.807, 2.05) is 83.1 Å². The fourth-order valence-corrected chi connectivity index (χ4v) is 3.35. The zero-order chi connectivity index (χ0) is 28.5. The SMILES string of the molecule is CC(C)(C)NC(=O)CN(CCN(CC(=O)NC(C)(C)C)CC(=O)NC(C)(C)C)CC(=O)NC(C)(C)C. The molecule has 0 bridgehead atoms. The molecule has 0 aliphatic heterocycles. The Labute approximate surface area is 218 Å². The van der Waals surface area contributed by atoms with Gasteiger partial charge in [0.2, 0.25) is 23.6 Å². The molecule has 0 heterocycles. The lowest BCUT2D eigenvalue weighted by molar-refractivity contribution is -0.129. The van der Waals surface area contributed by atoms with Crippen molar-refractivity contribution in [3.63, 3.8) is 0 Å². The van der Waals surface area contributed by atoms with Crippen LogP contribution >= 0.6 is 0 Å². The maximum Gasteiger partial charge on any atom is 0.234 e. The van der Waals surface area contributed by atoms with Crippen molar-refractivity contribution < 1.29 is 19.2 Å². The third kappa shape index (κ3) is 20.0. The quantitative estimate of drug-likeness (QED) is 0.330. The second-order valence-electron chi connectivity index (χ2n) is 13.6. The summed E-state index contributed by atoms with van der Waals surface area (Å²) in [5.74, 6) is -0.802. The van der Waals surface area contributed by atoms with Crippen LogP contribution in [0.1, 0.15) is 83.1 Å². The van der Waals surface area contributed by atoms with Crippen LogP contribution in [0.5, 0.6) is 0 Å². The Morgan fingerprint density at radius 3 is 0.722 bits per heavy atom. The number of hydrogen-bond donors (Lipinski definition) is 4. The highest BCUT2D eigenvalue weighted by molar-refractivity contribution is 5.82. The molecule has 0 unspecified atom stereocenters. The molecule has 0 saturated heterocycles. The third-order valence-electron chi connectivity index (χ3n) is 4.26. The number of carbonyl (C=O) groups is 4. The Balaban J connectivity index is 5.55. The van der Waals surface area contributed by atoms with Crippen LogP contribution in [0.3, 0.4) is 0 Å². The summed E-state index contributed by atoms with van der Waals surface area (Å²) >= 11 is 0. The normalized spacial score (nSPS) is 12.9. The van der Waals surface area contributed by atoms with Crippen molar-refractivity contribution in [3.05, 3.63) is 0 Å². The van der Waals surface area contributed by atoms with E-state index in [0.29, 0.717) is 13.1 Å². The van der Waals surface area contributed by atoms with Gasteiger partial charge in [0.15, 0.2) is 0 Å². The second kappa shape index (κ2) is 13.4. The number of rotatable bonds is 11. The third-order valence-corrected chi connectivity index (χ3v) is 4.26. The van der Waals surface area contributed by atoms with Crippen molar-refractivity contribution >= 4 is 23.6 Å². The van der Waals surface area contributed by atoms with Gasteiger partial charge in [0, 0.05) is 35.2 Å². The van der Waals surface area contributed by atoms with Crippen molar-refractivity contribution in [1.82, 2.24) is 31.1 Å². The molecule has 0 rings (SSSR count). The van der Waals surface area contributed by atoms with Gasteiger partial charge in [-0.15, -0.1) is 0 Å². The topological polar surface area (TPSA) is 123 Å². The summed E-state index contributed by atoms with van der Waals surface area (Å²) in [6, 6.07) is 0. The van der Waals surface area contributed by atoms with E-state index in [9.17, 15) is 19.2 Å². The highest BCUT2D eigenvalue weighted by Crippen LogP contribution is 2.04. The summed E-state index contributed by atoms with van der Waals surface area (Å²) in [6.07, 6.45) is 0. The molecule has 0 aromatic heterocycles. The highest BCUT2D eigenvalue weighted by Gasteiger charge is 2.24. The van der Waals surface area contributed by atoms with Crippen LogP contribution in [-0.4, -0.2) is 94.9 Å². The van der Waals surface area contributed by atoms with Gasteiger partial charge in [-0.25, -0.2) is 0 Å². The van der Waals surface area contributed by atoms with E-state index in [2.05, 4.69) is 21.3 Å². The minimum atomic E-state index is -0.404. The first-order chi connectivity index (χ1) is 15.9. The maximum absolute atomic E-state index is 12.6. The lowest BCUT2D eigenvalue weighted by Gasteiger charge is -2.30. The molecule has 0 aromatic carbocycles. The average molecular weight is 513 g/mol. The zero-order valence-electron chi connectivity index (χ0n) is 24.8.